The molecule has 0 spiro atoms. The highest BCUT2D eigenvalue weighted by Crippen LogP contribution is 2.06. The summed E-state index contributed by atoms with van der Waals surface area (Å²) < 4.78 is 25.7. The van der Waals surface area contributed by atoms with Crippen molar-refractivity contribution in [2.24, 2.45) is 5.92 Å². The predicted octanol–water partition coefficient (Wildman–Crippen LogP) is 0.0133. The number of hydrogen-bond donors (Lipinski definition) is 3. The lowest BCUT2D eigenvalue weighted by Crippen LogP contribution is -2.34. The third-order valence-electron chi connectivity index (χ3n) is 2.22. The number of hydrogen-bond acceptors (Lipinski definition) is 4. The maximum atomic E-state index is 11.7. The van der Waals surface area contributed by atoms with Gasteiger partial charge >= 0.3 is 0 Å². The van der Waals surface area contributed by atoms with Crippen LogP contribution in [-0.4, -0.2) is 36.1 Å². The average molecular weight is 247 g/mol. The van der Waals surface area contributed by atoms with Crippen molar-refractivity contribution in [3.63, 3.8) is 0 Å². The Bertz CT molecular complexity index is 439. The van der Waals surface area contributed by atoms with Crippen molar-refractivity contribution in [3.8, 4) is 0 Å². The number of aliphatic hydroxyl groups is 1. The molecule has 0 saturated carbocycles. The Morgan fingerprint density at radius 2 is 2.19 bits per heavy atom. The normalized spacial score (nSPS) is 14.3. The van der Waals surface area contributed by atoms with Gasteiger partial charge < -0.3 is 10.1 Å². The topological polar surface area (TPSA) is 95.1 Å². The van der Waals surface area contributed by atoms with Crippen molar-refractivity contribution < 1.29 is 13.5 Å². The second-order valence-electron chi connectivity index (χ2n) is 4.00. The van der Waals surface area contributed by atoms with Gasteiger partial charge in [-0.25, -0.2) is 18.1 Å². The van der Waals surface area contributed by atoms with E-state index in [0.717, 1.165) is 0 Å². The van der Waals surface area contributed by atoms with Gasteiger partial charge in [-0.3, -0.25) is 0 Å². The van der Waals surface area contributed by atoms with Crippen LogP contribution >= 0.6 is 0 Å². The molecule has 0 aliphatic carbocycles. The highest BCUT2D eigenvalue weighted by atomic mass is 32.2. The fourth-order valence-corrected chi connectivity index (χ4v) is 2.06. The van der Waals surface area contributed by atoms with Gasteiger partial charge in [-0.15, -0.1) is 0 Å². The Morgan fingerprint density at radius 3 is 2.62 bits per heavy atom. The fraction of sp³-hybridized carbons (Fsp3) is 0.667. The maximum Gasteiger partial charge on any atom is 0.257 e. The molecule has 6 nitrogen and oxygen atoms in total. The van der Waals surface area contributed by atoms with E-state index in [-0.39, 0.29) is 17.5 Å². The summed E-state index contributed by atoms with van der Waals surface area (Å²) in [5, 5.41) is 9.50. The molecule has 92 valence electrons. The molecular weight excluding hydrogens is 230 g/mol. The number of sulfonamides is 1. The van der Waals surface area contributed by atoms with Crippen molar-refractivity contribution >= 4 is 10.0 Å². The first-order valence-electron chi connectivity index (χ1n) is 5.02. The molecule has 0 aromatic carbocycles. The van der Waals surface area contributed by atoms with Gasteiger partial charge in [0.15, 0.2) is 5.03 Å². The lowest BCUT2D eigenvalue weighted by atomic mass is 10.1. The number of H-pyrrole nitrogens is 1. The minimum absolute atomic E-state index is 0.00192. The minimum Gasteiger partial charge on any atom is -0.391 e. The number of aromatic amines is 1. The van der Waals surface area contributed by atoms with Gasteiger partial charge in [0.1, 0.15) is 5.82 Å². The summed E-state index contributed by atoms with van der Waals surface area (Å²) >= 11 is 0. The quantitative estimate of drug-likeness (QED) is 0.683. The highest BCUT2D eigenvalue weighted by Gasteiger charge is 2.18. The number of nitrogens with one attached hydrogen (secondary N) is 2. The first-order valence-corrected chi connectivity index (χ1v) is 6.50. The third-order valence-corrected chi connectivity index (χ3v) is 3.55. The molecule has 16 heavy (non-hydrogen) atoms. The van der Waals surface area contributed by atoms with Crippen molar-refractivity contribution in [2.45, 2.75) is 31.9 Å². The zero-order chi connectivity index (χ0) is 12.3. The Kier molecular flexibility index (Phi) is 4.06. The molecule has 0 radical (unpaired) electrons. The third kappa shape index (κ3) is 3.29. The maximum absolute atomic E-state index is 11.7. The van der Waals surface area contributed by atoms with Crippen LogP contribution in [0.5, 0.6) is 0 Å². The molecule has 1 atom stereocenters. The first-order chi connectivity index (χ1) is 7.33. The number of nitrogens with zero attached hydrogens (tertiary/aromatic N) is 1. The SMILES string of the molecule is Cc1ncc(S(=O)(=O)NCC(O)C(C)C)[nH]1. The smallest absolute Gasteiger partial charge is 0.257 e. The van der Waals surface area contributed by atoms with E-state index in [1.54, 1.807) is 6.92 Å². The van der Waals surface area contributed by atoms with Crippen molar-refractivity contribution in [1.82, 2.24) is 14.7 Å². The van der Waals surface area contributed by atoms with Gasteiger partial charge in [0, 0.05) is 6.54 Å². The van der Waals surface area contributed by atoms with E-state index in [1.165, 1.54) is 6.20 Å². The lowest BCUT2D eigenvalue weighted by molar-refractivity contribution is 0.129. The first kappa shape index (κ1) is 13.1. The van der Waals surface area contributed by atoms with Gasteiger partial charge in [-0.1, -0.05) is 13.8 Å². The van der Waals surface area contributed by atoms with Crippen LogP contribution in [0.15, 0.2) is 11.2 Å². The second kappa shape index (κ2) is 4.94. The molecule has 0 bridgehead atoms. The van der Waals surface area contributed by atoms with Gasteiger partial charge in [-0.05, 0) is 12.8 Å². The van der Waals surface area contributed by atoms with Crippen LogP contribution in [0, 0.1) is 12.8 Å². The van der Waals surface area contributed by atoms with Crippen LogP contribution in [0.4, 0.5) is 0 Å². The summed E-state index contributed by atoms with van der Waals surface area (Å²) in [7, 11) is -3.60. The van der Waals surface area contributed by atoms with Crippen LogP contribution in [0.3, 0.4) is 0 Å². The van der Waals surface area contributed by atoms with Gasteiger partial charge in [0.25, 0.3) is 10.0 Å². The van der Waals surface area contributed by atoms with Crippen molar-refractivity contribution in [2.75, 3.05) is 6.54 Å². The number of imidazole rings is 1. The molecule has 1 rings (SSSR count). The zero-order valence-electron chi connectivity index (χ0n) is 9.56. The Hall–Kier alpha value is -0.920. The molecule has 0 aliphatic rings. The predicted molar refractivity (Wildman–Crippen MR) is 59.4 cm³/mol. The van der Waals surface area contributed by atoms with Crippen molar-refractivity contribution in [1.29, 1.82) is 0 Å². The number of aryl methyl sites for hydroxylation is 1. The number of aromatic nitrogens is 2. The molecule has 1 unspecified atom stereocenters. The largest absolute Gasteiger partial charge is 0.391 e. The molecule has 0 amide bonds. The number of aliphatic hydroxyl groups excluding tert-OH is 1. The van der Waals surface area contributed by atoms with Crippen LogP contribution in [0.25, 0.3) is 0 Å². The van der Waals surface area contributed by atoms with E-state index in [4.69, 9.17) is 0 Å². The zero-order valence-corrected chi connectivity index (χ0v) is 10.4. The summed E-state index contributed by atoms with van der Waals surface area (Å²) in [6.07, 6.45) is 0.554. The summed E-state index contributed by atoms with van der Waals surface area (Å²) in [6, 6.07) is 0. The van der Waals surface area contributed by atoms with Gasteiger partial charge in [-0.2, -0.15) is 0 Å². The summed E-state index contributed by atoms with van der Waals surface area (Å²) in [5.41, 5.74) is 0. The molecule has 0 aliphatic heterocycles. The summed E-state index contributed by atoms with van der Waals surface area (Å²) in [4.78, 5) is 6.43. The van der Waals surface area contributed by atoms with E-state index in [9.17, 15) is 13.5 Å². The molecule has 0 saturated heterocycles. The highest BCUT2D eigenvalue weighted by molar-refractivity contribution is 7.89. The Labute approximate surface area is 95.2 Å². The van der Waals surface area contributed by atoms with Gasteiger partial charge in [0.2, 0.25) is 0 Å². The Morgan fingerprint density at radius 1 is 1.56 bits per heavy atom. The Balaban J connectivity index is 2.67. The van der Waals surface area contributed by atoms with Crippen LogP contribution in [0.2, 0.25) is 0 Å². The average Bonchev–Trinajstić information content (AvgIpc) is 2.61. The minimum atomic E-state index is -3.60. The molecule has 1 aromatic rings. The monoisotopic (exact) mass is 247 g/mol. The van der Waals surface area contributed by atoms with E-state index < -0.39 is 16.1 Å². The second-order valence-corrected chi connectivity index (χ2v) is 5.73. The standard InChI is InChI=1S/C9H17N3O3S/c1-6(2)8(13)4-11-16(14,15)9-5-10-7(3)12-9/h5-6,8,11,13H,4H2,1-3H3,(H,10,12). The molecule has 3 N–H and O–H groups in total. The van der Waals surface area contributed by atoms with E-state index in [0.29, 0.717) is 5.82 Å². The number of rotatable bonds is 5. The molecule has 1 aromatic heterocycles. The van der Waals surface area contributed by atoms with Gasteiger partial charge in [0.05, 0.1) is 12.3 Å². The van der Waals surface area contributed by atoms with Crippen molar-refractivity contribution in [3.05, 3.63) is 12.0 Å². The van der Waals surface area contributed by atoms with E-state index in [2.05, 4.69) is 14.7 Å². The lowest BCUT2D eigenvalue weighted by Gasteiger charge is -2.14. The fourth-order valence-electron chi connectivity index (χ4n) is 1.04. The van der Waals surface area contributed by atoms with Crippen LogP contribution in [-0.2, 0) is 10.0 Å². The summed E-state index contributed by atoms with van der Waals surface area (Å²) in [5.74, 6) is 0.538. The van der Waals surface area contributed by atoms with Crippen LogP contribution in [0.1, 0.15) is 19.7 Å². The van der Waals surface area contributed by atoms with E-state index >= 15 is 0 Å². The van der Waals surface area contributed by atoms with E-state index in [1.807, 2.05) is 13.8 Å². The molecule has 0 fully saturated rings. The van der Waals surface area contributed by atoms with Crippen LogP contribution < -0.4 is 4.72 Å². The molecular formula is C9H17N3O3S. The summed E-state index contributed by atoms with van der Waals surface area (Å²) in [6.45, 7) is 5.30. The molecule has 7 heteroatoms. The molecule has 1 heterocycles.